The molecule has 0 spiro atoms. The number of hydrogen-bond donors (Lipinski definition) is 1. The predicted octanol–water partition coefficient (Wildman–Crippen LogP) is 4.78. The molecule has 4 heteroatoms. The zero-order chi connectivity index (χ0) is 14.7. The largest absolute Gasteiger partial charge is 0.335 e. The van der Waals surface area contributed by atoms with Gasteiger partial charge in [-0.2, -0.15) is 0 Å². The molecule has 0 radical (unpaired) electrons. The molecule has 0 saturated heterocycles. The lowest BCUT2D eigenvalue weighted by atomic mass is 10.1. The lowest BCUT2D eigenvalue weighted by molar-refractivity contribution is 0.0654. The SMILES string of the molecule is CC(C)CN(C(=O)c1cc(S)ccc1Br)C1CCCC1. The van der Waals surface area contributed by atoms with Crippen LogP contribution >= 0.6 is 28.6 Å². The fraction of sp³-hybridized carbons (Fsp3) is 0.562. The first-order chi connectivity index (χ1) is 9.49. The number of hydrogen-bond acceptors (Lipinski definition) is 2. The Morgan fingerprint density at radius 1 is 1.40 bits per heavy atom. The van der Waals surface area contributed by atoms with Gasteiger partial charge in [-0.15, -0.1) is 12.6 Å². The fourth-order valence-corrected chi connectivity index (χ4v) is 3.46. The third-order valence-electron chi connectivity index (χ3n) is 3.77. The minimum absolute atomic E-state index is 0.133. The van der Waals surface area contributed by atoms with Crippen molar-refractivity contribution in [2.24, 2.45) is 5.92 Å². The molecule has 0 unspecified atom stereocenters. The highest BCUT2D eigenvalue weighted by Gasteiger charge is 2.28. The van der Waals surface area contributed by atoms with Crippen LogP contribution in [-0.4, -0.2) is 23.4 Å². The molecule has 20 heavy (non-hydrogen) atoms. The van der Waals surface area contributed by atoms with Crippen LogP contribution < -0.4 is 0 Å². The van der Waals surface area contributed by atoms with Gasteiger partial charge in [0.15, 0.2) is 0 Å². The molecule has 0 aliphatic heterocycles. The fourth-order valence-electron chi connectivity index (χ4n) is 2.84. The number of carbonyl (C=O) groups is 1. The van der Waals surface area contributed by atoms with Crippen molar-refractivity contribution >= 4 is 34.5 Å². The van der Waals surface area contributed by atoms with Gasteiger partial charge in [0.25, 0.3) is 5.91 Å². The molecule has 2 nitrogen and oxygen atoms in total. The zero-order valence-corrected chi connectivity index (χ0v) is 14.6. The summed E-state index contributed by atoms with van der Waals surface area (Å²) in [6, 6.07) is 6.06. The van der Waals surface area contributed by atoms with Crippen LogP contribution in [0.5, 0.6) is 0 Å². The average Bonchev–Trinajstić information content (AvgIpc) is 2.91. The summed E-state index contributed by atoms with van der Waals surface area (Å²) >= 11 is 7.85. The molecule has 110 valence electrons. The van der Waals surface area contributed by atoms with Gasteiger partial charge in [-0.3, -0.25) is 4.79 Å². The molecule has 0 N–H and O–H groups in total. The summed E-state index contributed by atoms with van der Waals surface area (Å²) in [7, 11) is 0. The molecule has 0 atom stereocenters. The van der Waals surface area contributed by atoms with E-state index in [1.807, 2.05) is 18.2 Å². The van der Waals surface area contributed by atoms with E-state index < -0.39 is 0 Å². The van der Waals surface area contributed by atoms with Crippen molar-refractivity contribution in [2.45, 2.75) is 50.5 Å². The summed E-state index contributed by atoms with van der Waals surface area (Å²) in [5, 5.41) is 0. The molecular weight excluding hydrogens is 334 g/mol. The van der Waals surface area contributed by atoms with Gasteiger partial charge in [0.2, 0.25) is 0 Å². The van der Waals surface area contributed by atoms with Crippen molar-refractivity contribution in [1.29, 1.82) is 0 Å². The van der Waals surface area contributed by atoms with Crippen LogP contribution in [0.4, 0.5) is 0 Å². The van der Waals surface area contributed by atoms with Gasteiger partial charge >= 0.3 is 0 Å². The quantitative estimate of drug-likeness (QED) is 0.770. The maximum atomic E-state index is 12.9. The summed E-state index contributed by atoms with van der Waals surface area (Å²) in [6.45, 7) is 5.16. The predicted molar refractivity (Wildman–Crippen MR) is 89.5 cm³/mol. The van der Waals surface area contributed by atoms with Crippen LogP contribution in [0.3, 0.4) is 0 Å². The maximum absolute atomic E-state index is 12.9. The summed E-state index contributed by atoms with van der Waals surface area (Å²) in [4.78, 5) is 15.8. The third kappa shape index (κ3) is 3.79. The number of carbonyl (C=O) groups excluding carboxylic acids is 1. The van der Waals surface area contributed by atoms with Gasteiger partial charge in [0, 0.05) is 22.0 Å². The monoisotopic (exact) mass is 355 g/mol. The molecule has 1 aromatic carbocycles. The average molecular weight is 356 g/mol. The highest BCUT2D eigenvalue weighted by molar-refractivity contribution is 9.10. The highest BCUT2D eigenvalue weighted by Crippen LogP contribution is 2.28. The van der Waals surface area contributed by atoms with E-state index in [0.717, 1.165) is 34.3 Å². The van der Waals surface area contributed by atoms with E-state index in [4.69, 9.17) is 0 Å². The second kappa shape index (κ2) is 6.99. The van der Waals surface area contributed by atoms with Gasteiger partial charge in [0.1, 0.15) is 0 Å². The minimum atomic E-state index is 0.133. The van der Waals surface area contributed by atoms with Crippen LogP contribution in [0, 0.1) is 5.92 Å². The van der Waals surface area contributed by atoms with Crippen molar-refractivity contribution in [3.05, 3.63) is 28.2 Å². The number of rotatable bonds is 4. The molecule has 1 aliphatic rings. The van der Waals surface area contributed by atoms with Crippen molar-refractivity contribution in [3.63, 3.8) is 0 Å². The van der Waals surface area contributed by atoms with Crippen LogP contribution in [0.2, 0.25) is 0 Å². The number of nitrogens with zero attached hydrogens (tertiary/aromatic N) is 1. The summed E-state index contributed by atoms with van der Waals surface area (Å²) < 4.78 is 0.854. The molecule has 0 bridgehead atoms. The van der Waals surface area contributed by atoms with E-state index in [9.17, 15) is 4.79 Å². The van der Waals surface area contributed by atoms with Gasteiger partial charge in [0.05, 0.1) is 5.56 Å². The zero-order valence-electron chi connectivity index (χ0n) is 12.1. The Bertz CT molecular complexity index is 483. The Kier molecular flexibility index (Phi) is 5.56. The van der Waals surface area contributed by atoms with Gasteiger partial charge in [-0.1, -0.05) is 26.7 Å². The van der Waals surface area contributed by atoms with E-state index in [1.165, 1.54) is 12.8 Å². The maximum Gasteiger partial charge on any atom is 0.255 e. The Hall–Kier alpha value is -0.480. The first kappa shape index (κ1) is 15.9. The second-order valence-electron chi connectivity index (χ2n) is 5.95. The number of benzene rings is 1. The topological polar surface area (TPSA) is 20.3 Å². The van der Waals surface area contributed by atoms with Crippen molar-refractivity contribution in [2.75, 3.05) is 6.54 Å². The van der Waals surface area contributed by atoms with E-state index >= 15 is 0 Å². The lowest BCUT2D eigenvalue weighted by Crippen LogP contribution is -2.41. The molecule has 1 saturated carbocycles. The highest BCUT2D eigenvalue weighted by atomic mass is 79.9. The van der Waals surface area contributed by atoms with Crippen molar-refractivity contribution in [3.8, 4) is 0 Å². The van der Waals surface area contributed by atoms with Crippen LogP contribution in [0.15, 0.2) is 27.6 Å². The molecule has 0 aromatic heterocycles. The number of amides is 1. The Morgan fingerprint density at radius 2 is 2.05 bits per heavy atom. The second-order valence-corrected chi connectivity index (χ2v) is 7.32. The Morgan fingerprint density at radius 3 is 2.65 bits per heavy atom. The van der Waals surface area contributed by atoms with E-state index in [2.05, 4.69) is 47.3 Å². The molecule has 1 amide bonds. The molecular formula is C16H22BrNOS. The first-order valence-electron chi connectivity index (χ1n) is 7.28. The lowest BCUT2D eigenvalue weighted by Gasteiger charge is -2.31. The summed E-state index contributed by atoms with van der Waals surface area (Å²) in [6.07, 6.45) is 4.74. The molecule has 1 aromatic rings. The molecule has 1 fully saturated rings. The summed E-state index contributed by atoms with van der Waals surface area (Å²) in [5.41, 5.74) is 0.727. The Labute approximate surface area is 135 Å². The summed E-state index contributed by atoms with van der Waals surface area (Å²) in [5.74, 6) is 0.617. The number of halogens is 1. The van der Waals surface area contributed by atoms with Gasteiger partial charge in [-0.25, -0.2) is 0 Å². The minimum Gasteiger partial charge on any atom is -0.335 e. The molecule has 0 heterocycles. The van der Waals surface area contributed by atoms with Gasteiger partial charge in [-0.05, 0) is 52.9 Å². The van der Waals surface area contributed by atoms with E-state index in [0.29, 0.717) is 12.0 Å². The molecule has 1 aliphatic carbocycles. The van der Waals surface area contributed by atoms with Crippen molar-refractivity contribution in [1.82, 2.24) is 4.90 Å². The van der Waals surface area contributed by atoms with Gasteiger partial charge < -0.3 is 4.90 Å². The normalized spacial score (nSPS) is 15.8. The van der Waals surface area contributed by atoms with Crippen molar-refractivity contribution < 1.29 is 4.79 Å². The first-order valence-corrected chi connectivity index (χ1v) is 8.52. The van der Waals surface area contributed by atoms with Crippen LogP contribution in [0.1, 0.15) is 49.9 Å². The smallest absolute Gasteiger partial charge is 0.255 e. The third-order valence-corrected chi connectivity index (χ3v) is 4.74. The standard InChI is InChI=1S/C16H22BrNOS/c1-11(2)10-18(12-5-3-4-6-12)16(19)14-9-13(20)7-8-15(14)17/h7-9,11-12,20H,3-6,10H2,1-2H3. The van der Waals surface area contributed by atoms with Crippen LogP contribution in [0.25, 0.3) is 0 Å². The number of thiol groups is 1. The Balaban J connectivity index is 2.27. The molecule has 2 rings (SSSR count). The van der Waals surface area contributed by atoms with E-state index in [1.54, 1.807) is 0 Å². The van der Waals surface area contributed by atoms with Crippen LogP contribution in [-0.2, 0) is 0 Å². The van der Waals surface area contributed by atoms with E-state index in [-0.39, 0.29) is 5.91 Å².